The molecular formula is C14H12N3O4S-. The van der Waals surface area contributed by atoms with Gasteiger partial charge in [0.25, 0.3) is 0 Å². The van der Waals surface area contributed by atoms with Crippen molar-refractivity contribution in [1.29, 1.82) is 0 Å². The van der Waals surface area contributed by atoms with Crippen LogP contribution in [-0.4, -0.2) is 34.4 Å². The van der Waals surface area contributed by atoms with Gasteiger partial charge in [0.1, 0.15) is 5.75 Å². The van der Waals surface area contributed by atoms with Crippen LogP contribution < -0.4 is 4.74 Å². The Bertz CT molecular complexity index is 901. The highest BCUT2D eigenvalue weighted by molar-refractivity contribution is 7.84. The van der Waals surface area contributed by atoms with E-state index in [1.165, 1.54) is 13.2 Å². The second kappa shape index (κ2) is 5.39. The molecule has 2 aromatic heterocycles. The Labute approximate surface area is 127 Å². The van der Waals surface area contributed by atoms with Gasteiger partial charge in [0.2, 0.25) is 5.78 Å². The second-order valence-corrected chi connectivity index (χ2v) is 6.09. The molecule has 0 spiro atoms. The van der Waals surface area contributed by atoms with Gasteiger partial charge < -0.3 is 9.29 Å². The largest absolute Gasteiger partial charge is 0.748 e. The number of benzene rings is 1. The summed E-state index contributed by atoms with van der Waals surface area (Å²) in [6, 6.07) is 6.58. The molecule has 2 heterocycles. The lowest BCUT2D eigenvalue weighted by Gasteiger charge is -2.11. The van der Waals surface area contributed by atoms with E-state index in [0.717, 1.165) is 0 Å². The minimum atomic E-state index is -4.34. The van der Waals surface area contributed by atoms with Crippen molar-refractivity contribution in [2.24, 2.45) is 0 Å². The van der Waals surface area contributed by atoms with Gasteiger partial charge >= 0.3 is 0 Å². The van der Waals surface area contributed by atoms with Crippen molar-refractivity contribution in [3.05, 3.63) is 48.4 Å². The molecule has 0 aliphatic rings. The second-order valence-electron chi connectivity index (χ2n) is 4.69. The van der Waals surface area contributed by atoms with Gasteiger partial charge in [-0.2, -0.15) is 0 Å². The molecule has 0 unspecified atom stereocenters. The Balaban J connectivity index is 2.06. The van der Waals surface area contributed by atoms with Crippen LogP contribution in [0.2, 0.25) is 0 Å². The van der Waals surface area contributed by atoms with Gasteiger partial charge in [0.05, 0.1) is 28.7 Å². The van der Waals surface area contributed by atoms with Crippen LogP contribution in [0.15, 0.2) is 42.9 Å². The van der Waals surface area contributed by atoms with E-state index in [1.54, 1.807) is 35.0 Å². The summed E-state index contributed by atoms with van der Waals surface area (Å²) in [6.07, 6.45) is 5.26. The molecule has 3 rings (SSSR count). The molecule has 0 saturated carbocycles. The van der Waals surface area contributed by atoms with Gasteiger partial charge in [-0.15, -0.1) is 0 Å². The minimum Gasteiger partial charge on any atom is -0.748 e. The number of nitrogens with zero attached hydrogens (tertiary/aromatic N) is 3. The zero-order valence-corrected chi connectivity index (χ0v) is 12.4. The van der Waals surface area contributed by atoms with Gasteiger partial charge in [-0.25, -0.2) is 18.4 Å². The Morgan fingerprint density at radius 1 is 1.36 bits per heavy atom. The Morgan fingerprint density at radius 3 is 2.86 bits per heavy atom. The molecule has 0 aliphatic heterocycles. The molecular weight excluding hydrogens is 306 g/mol. The van der Waals surface area contributed by atoms with Crippen LogP contribution in [0.5, 0.6) is 5.75 Å². The van der Waals surface area contributed by atoms with E-state index < -0.39 is 15.9 Å². The highest BCUT2D eigenvalue weighted by Crippen LogP contribution is 2.30. The summed E-state index contributed by atoms with van der Waals surface area (Å²) in [5, 5.41) is 0. The van der Waals surface area contributed by atoms with Gasteiger partial charge in [0, 0.05) is 24.2 Å². The first-order valence-corrected chi connectivity index (χ1v) is 7.94. The van der Waals surface area contributed by atoms with Crippen LogP contribution in [0, 0.1) is 0 Å². The molecule has 0 fully saturated rings. The van der Waals surface area contributed by atoms with Gasteiger partial charge in [-0.1, -0.05) is 6.07 Å². The molecule has 114 valence electrons. The van der Waals surface area contributed by atoms with Crippen LogP contribution in [0.4, 0.5) is 0 Å². The van der Waals surface area contributed by atoms with Gasteiger partial charge in [0.15, 0.2) is 0 Å². The number of hydrogen-bond donors (Lipinski definition) is 0. The summed E-state index contributed by atoms with van der Waals surface area (Å²) in [5.74, 6) is 0.423. The summed E-state index contributed by atoms with van der Waals surface area (Å²) in [7, 11) is -2.86. The molecule has 3 aromatic rings. The maximum Gasteiger partial charge on any atom is 0.234 e. The monoisotopic (exact) mass is 318 g/mol. The SMILES string of the molecule is COc1cc(CS(=O)(=O)[O-])ccc1-c1cn2cccnc2n1. The van der Waals surface area contributed by atoms with Crippen LogP contribution in [0.25, 0.3) is 17.0 Å². The van der Waals surface area contributed by atoms with Crippen LogP contribution in [-0.2, 0) is 15.9 Å². The third-order valence-corrected chi connectivity index (χ3v) is 3.81. The molecule has 0 bridgehead atoms. The van der Waals surface area contributed by atoms with E-state index in [9.17, 15) is 13.0 Å². The van der Waals surface area contributed by atoms with E-state index in [4.69, 9.17) is 4.74 Å². The molecule has 0 amide bonds. The standard InChI is InChI=1S/C14H13N3O4S/c1-21-13-7-10(9-22(18,19)20)3-4-11(13)12-8-17-6-2-5-15-14(17)16-12/h2-8H,9H2,1H3,(H,18,19,20)/p-1. The van der Waals surface area contributed by atoms with E-state index in [2.05, 4.69) is 9.97 Å². The topological polar surface area (TPSA) is 96.6 Å². The first-order valence-electron chi connectivity index (χ1n) is 6.37. The van der Waals surface area contributed by atoms with E-state index in [0.29, 0.717) is 28.3 Å². The zero-order valence-electron chi connectivity index (χ0n) is 11.6. The minimum absolute atomic E-state index is 0.373. The molecule has 22 heavy (non-hydrogen) atoms. The third-order valence-electron chi connectivity index (χ3n) is 3.12. The molecule has 7 nitrogen and oxygen atoms in total. The van der Waals surface area contributed by atoms with Crippen molar-refractivity contribution in [3.8, 4) is 17.0 Å². The van der Waals surface area contributed by atoms with Crippen molar-refractivity contribution in [3.63, 3.8) is 0 Å². The van der Waals surface area contributed by atoms with Crippen LogP contribution >= 0.6 is 0 Å². The Hall–Kier alpha value is -2.45. The first-order chi connectivity index (χ1) is 10.5. The van der Waals surface area contributed by atoms with Crippen molar-refractivity contribution in [1.82, 2.24) is 14.4 Å². The average molecular weight is 318 g/mol. The Morgan fingerprint density at radius 2 is 2.18 bits per heavy atom. The summed E-state index contributed by atoms with van der Waals surface area (Å²) >= 11 is 0. The summed E-state index contributed by atoms with van der Waals surface area (Å²) in [6.45, 7) is 0. The van der Waals surface area contributed by atoms with Gasteiger partial charge in [-0.05, 0) is 23.8 Å². The zero-order chi connectivity index (χ0) is 15.7. The summed E-state index contributed by atoms with van der Waals surface area (Å²) in [4.78, 5) is 8.53. The number of ether oxygens (including phenoxy) is 1. The van der Waals surface area contributed by atoms with Gasteiger partial charge in [-0.3, -0.25) is 4.40 Å². The van der Waals surface area contributed by atoms with E-state index >= 15 is 0 Å². The molecule has 8 heteroatoms. The van der Waals surface area contributed by atoms with Crippen molar-refractivity contribution in [2.75, 3.05) is 7.11 Å². The highest BCUT2D eigenvalue weighted by Gasteiger charge is 2.12. The fourth-order valence-corrected chi connectivity index (χ4v) is 2.79. The van der Waals surface area contributed by atoms with Crippen LogP contribution in [0.1, 0.15) is 5.56 Å². The maximum atomic E-state index is 10.9. The van der Waals surface area contributed by atoms with E-state index in [-0.39, 0.29) is 0 Å². The van der Waals surface area contributed by atoms with Crippen LogP contribution in [0.3, 0.4) is 0 Å². The van der Waals surface area contributed by atoms with Crippen molar-refractivity contribution in [2.45, 2.75) is 5.75 Å². The van der Waals surface area contributed by atoms with Crippen molar-refractivity contribution >= 4 is 15.9 Å². The lowest BCUT2D eigenvalue weighted by atomic mass is 10.1. The predicted molar refractivity (Wildman–Crippen MR) is 78.4 cm³/mol. The maximum absolute atomic E-state index is 10.9. The fourth-order valence-electron chi connectivity index (χ4n) is 2.20. The normalized spacial score (nSPS) is 11.7. The molecule has 0 N–H and O–H groups in total. The molecule has 0 radical (unpaired) electrons. The highest BCUT2D eigenvalue weighted by atomic mass is 32.2. The molecule has 1 aromatic carbocycles. The van der Waals surface area contributed by atoms with Crippen molar-refractivity contribution < 1.29 is 17.7 Å². The smallest absolute Gasteiger partial charge is 0.234 e. The number of methoxy groups -OCH3 is 1. The first kappa shape index (κ1) is 14.5. The number of aromatic nitrogens is 3. The summed E-state index contributed by atoms with van der Waals surface area (Å²) < 4.78 is 39.6. The quantitative estimate of drug-likeness (QED) is 0.675. The molecule has 0 atom stereocenters. The number of hydrogen-bond acceptors (Lipinski definition) is 6. The molecule has 0 aliphatic carbocycles. The Kier molecular flexibility index (Phi) is 3.55. The third kappa shape index (κ3) is 2.92. The fraction of sp³-hybridized carbons (Fsp3) is 0.143. The lowest BCUT2D eigenvalue weighted by Crippen LogP contribution is -2.02. The number of imidazole rings is 1. The number of rotatable bonds is 4. The average Bonchev–Trinajstić information content (AvgIpc) is 2.89. The number of fused-ring (bicyclic) bond motifs is 1. The lowest BCUT2D eigenvalue weighted by molar-refractivity contribution is 0.416. The summed E-state index contributed by atoms with van der Waals surface area (Å²) in [5.41, 5.74) is 1.71. The predicted octanol–water partition coefficient (Wildman–Crippen LogP) is 1.45. The molecule has 0 saturated heterocycles. The van der Waals surface area contributed by atoms with E-state index in [1.807, 2.05) is 6.20 Å².